The second-order valence-electron chi connectivity index (χ2n) is 9.16. The Morgan fingerprint density at radius 1 is 1.23 bits per heavy atom. The molecule has 6 rings (SSSR count). The first-order valence-corrected chi connectivity index (χ1v) is 12.5. The molecule has 2 N–H and O–H groups in total. The largest absolute Gasteiger partial charge is 0.494 e. The van der Waals surface area contributed by atoms with Crippen molar-refractivity contribution in [3.8, 4) is 5.75 Å². The smallest absolute Gasteiger partial charge is 0.320 e. The molecule has 1 aromatic carbocycles. The standard InChI is InChI=1S/C24H27N7O3S/c1-13-9-31(10-14(2)34-13)24(32)30-5-4-16-20(11-30)35-23-21(16)22(25-12-26-23)28-18-6-15-8-27-29-17(15)7-19(18)33-3/h6-8,12-14H,4-5,9-11H2,1-3H3,(H,27,29)(H,25,26,28)/t13-,14+. The lowest BCUT2D eigenvalue weighted by Gasteiger charge is -2.39. The Bertz CT molecular complexity index is 1410. The number of aromatic nitrogens is 4. The maximum Gasteiger partial charge on any atom is 0.320 e. The molecular formula is C24H27N7O3S. The second kappa shape index (κ2) is 8.65. The van der Waals surface area contributed by atoms with Crippen molar-refractivity contribution in [3.63, 3.8) is 0 Å². The van der Waals surface area contributed by atoms with E-state index in [-0.39, 0.29) is 18.2 Å². The molecule has 1 fully saturated rings. The molecule has 5 heterocycles. The number of urea groups is 1. The number of thiophene rings is 1. The zero-order chi connectivity index (χ0) is 24.1. The third kappa shape index (κ3) is 3.94. The number of ether oxygens (including phenoxy) is 2. The number of rotatable bonds is 3. The average molecular weight is 494 g/mol. The molecule has 0 unspecified atom stereocenters. The highest BCUT2D eigenvalue weighted by atomic mass is 32.1. The predicted octanol–water partition coefficient (Wildman–Crippen LogP) is 3.91. The molecule has 0 spiro atoms. The lowest BCUT2D eigenvalue weighted by Crippen LogP contribution is -2.53. The van der Waals surface area contributed by atoms with E-state index in [9.17, 15) is 4.79 Å². The Hall–Kier alpha value is -3.44. The van der Waals surface area contributed by atoms with Crippen molar-refractivity contribution < 1.29 is 14.3 Å². The Balaban J connectivity index is 1.30. The summed E-state index contributed by atoms with van der Waals surface area (Å²) >= 11 is 1.63. The van der Waals surface area contributed by atoms with Gasteiger partial charge in [-0.1, -0.05) is 0 Å². The van der Waals surface area contributed by atoms with Crippen LogP contribution in [0.5, 0.6) is 5.75 Å². The van der Waals surface area contributed by atoms with E-state index in [0.717, 1.165) is 43.9 Å². The summed E-state index contributed by atoms with van der Waals surface area (Å²) in [6.45, 7) is 6.53. The molecule has 1 saturated heterocycles. The van der Waals surface area contributed by atoms with E-state index in [1.807, 2.05) is 35.8 Å². The lowest BCUT2D eigenvalue weighted by atomic mass is 10.0. The number of carbonyl (C=O) groups excluding carboxylic acids is 1. The summed E-state index contributed by atoms with van der Waals surface area (Å²) in [6.07, 6.45) is 4.22. The van der Waals surface area contributed by atoms with Crippen LogP contribution in [0.4, 0.5) is 16.3 Å². The first kappa shape index (κ1) is 22.1. The van der Waals surface area contributed by atoms with Gasteiger partial charge < -0.3 is 24.6 Å². The number of hydrogen-bond donors (Lipinski definition) is 2. The Morgan fingerprint density at radius 3 is 2.86 bits per heavy atom. The van der Waals surface area contributed by atoms with Crippen LogP contribution in [0.1, 0.15) is 24.3 Å². The number of anilines is 2. The molecule has 3 aromatic heterocycles. The van der Waals surface area contributed by atoms with E-state index in [1.165, 1.54) is 5.56 Å². The number of carbonyl (C=O) groups is 1. The summed E-state index contributed by atoms with van der Waals surface area (Å²) in [4.78, 5) is 28.3. The van der Waals surface area contributed by atoms with Crippen molar-refractivity contribution in [3.05, 3.63) is 35.1 Å². The molecule has 35 heavy (non-hydrogen) atoms. The van der Waals surface area contributed by atoms with Gasteiger partial charge in [-0.2, -0.15) is 5.10 Å². The molecule has 4 aromatic rings. The van der Waals surface area contributed by atoms with Crippen molar-refractivity contribution >= 4 is 50.0 Å². The third-order valence-corrected chi connectivity index (χ3v) is 7.74. The van der Waals surface area contributed by atoms with Gasteiger partial charge in [-0.05, 0) is 31.9 Å². The molecule has 2 aliphatic heterocycles. The molecule has 2 aliphatic rings. The van der Waals surface area contributed by atoms with Gasteiger partial charge in [0.25, 0.3) is 0 Å². The van der Waals surface area contributed by atoms with Gasteiger partial charge in [0.15, 0.2) is 0 Å². The van der Waals surface area contributed by atoms with E-state index in [2.05, 4.69) is 25.5 Å². The number of hydrogen-bond acceptors (Lipinski definition) is 8. The number of nitrogens with zero attached hydrogens (tertiary/aromatic N) is 5. The minimum Gasteiger partial charge on any atom is -0.494 e. The molecular weight excluding hydrogens is 466 g/mol. The molecule has 0 saturated carbocycles. The number of H-pyrrole nitrogens is 1. The fourth-order valence-electron chi connectivity index (χ4n) is 5.09. The van der Waals surface area contributed by atoms with Crippen molar-refractivity contribution in [2.24, 2.45) is 0 Å². The summed E-state index contributed by atoms with van der Waals surface area (Å²) in [5, 5.41) is 12.5. The van der Waals surface area contributed by atoms with Gasteiger partial charge in [0.05, 0.1) is 48.6 Å². The monoisotopic (exact) mass is 493 g/mol. The maximum absolute atomic E-state index is 13.3. The Morgan fingerprint density at radius 2 is 2.06 bits per heavy atom. The number of morpholine rings is 1. The molecule has 10 nitrogen and oxygen atoms in total. The first-order valence-electron chi connectivity index (χ1n) is 11.7. The van der Waals surface area contributed by atoms with Crippen LogP contribution in [0, 0.1) is 0 Å². The number of amides is 2. The van der Waals surface area contributed by atoms with Gasteiger partial charge in [-0.25, -0.2) is 14.8 Å². The summed E-state index contributed by atoms with van der Waals surface area (Å²) in [6, 6.07) is 4.00. The normalized spacial score (nSPS) is 20.3. The van der Waals surface area contributed by atoms with Crippen molar-refractivity contribution in [2.45, 2.75) is 39.0 Å². The number of aromatic amines is 1. The molecule has 11 heteroatoms. The highest BCUT2D eigenvalue weighted by molar-refractivity contribution is 7.19. The highest BCUT2D eigenvalue weighted by Gasteiger charge is 2.32. The third-order valence-electron chi connectivity index (χ3n) is 6.61. The predicted molar refractivity (Wildman–Crippen MR) is 134 cm³/mol. The van der Waals surface area contributed by atoms with Crippen LogP contribution in [0.15, 0.2) is 24.7 Å². The van der Waals surface area contributed by atoms with Crippen LogP contribution in [0.3, 0.4) is 0 Å². The van der Waals surface area contributed by atoms with E-state index >= 15 is 0 Å². The van der Waals surface area contributed by atoms with Gasteiger partial charge in [0.1, 0.15) is 22.7 Å². The van der Waals surface area contributed by atoms with E-state index < -0.39 is 0 Å². The van der Waals surface area contributed by atoms with Crippen molar-refractivity contribution in [2.75, 3.05) is 32.1 Å². The molecule has 0 bridgehead atoms. The van der Waals surface area contributed by atoms with Crippen molar-refractivity contribution in [1.82, 2.24) is 30.0 Å². The fourth-order valence-corrected chi connectivity index (χ4v) is 6.29. The first-order chi connectivity index (χ1) is 17.0. The molecule has 0 radical (unpaired) electrons. The number of benzene rings is 1. The van der Waals surface area contributed by atoms with Gasteiger partial charge in [0, 0.05) is 36.0 Å². The number of methoxy groups -OCH3 is 1. The number of fused-ring (bicyclic) bond motifs is 4. The van der Waals surface area contributed by atoms with Crippen LogP contribution in [-0.4, -0.2) is 74.9 Å². The topological polar surface area (TPSA) is 108 Å². The summed E-state index contributed by atoms with van der Waals surface area (Å²) in [5.74, 6) is 1.44. The molecule has 182 valence electrons. The van der Waals surface area contributed by atoms with Crippen LogP contribution >= 0.6 is 11.3 Å². The Kier molecular flexibility index (Phi) is 5.45. The molecule has 0 aliphatic carbocycles. The van der Waals surface area contributed by atoms with Gasteiger partial charge >= 0.3 is 6.03 Å². The maximum atomic E-state index is 13.3. The minimum atomic E-state index is 0.0505. The highest BCUT2D eigenvalue weighted by Crippen LogP contribution is 2.40. The molecule has 2 amide bonds. The Labute approximate surface area is 206 Å². The summed E-state index contributed by atoms with van der Waals surface area (Å²) in [7, 11) is 1.65. The second-order valence-corrected chi connectivity index (χ2v) is 10.2. The zero-order valence-corrected chi connectivity index (χ0v) is 20.7. The minimum absolute atomic E-state index is 0.0505. The fraction of sp³-hybridized carbons (Fsp3) is 0.417. The van der Waals surface area contributed by atoms with E-state index in [4.69, 9.17) is 9.47 Å². The summed E-state index contributed by atoms with van der Waals surface area (Å²) in [5.41, 5.74) is 2.93. The van der Waals surface area contributed by atoms with Gasteiger partial charge in [0.2, 0.25) is 0 Å². The number of nitrogens with one attached hydrogen (secondary N) is 2. The lowest BCUT2D eigenvalue weighted by molar-refractivity contribution is -0.0585. The summed E-state index contributed by atoms with van der Waals surface area (Å²) < 4.78 is 11.4. The van der Waals surface area contributed by atoms with Crippen LogP contribution in [0.2, 0.25) is 0 Å². The van der Waals surface area contributed by atoms with Gasteiger partial charge in [-0.15, -0.1) is 11.3 Å². The quantitative estimate of drug-likeness (QED) is 0.445. The van der Waals surface area contributed by atoms with Crippen molar-refractivity contribution in [1.29, 1.82) is 0 Å². The van der Waals surface area contributed by atoms with E-state index in [1.54, 1.807) is 31.0 Å². The van der Waals surface area contributed by atoms with Crippen LogP contribution < -0.4 is 10.1 Å². The SMILES string of the molecule is COc1cc2[nH]ncc2cc1Nc1ncnc2sc3c(c12)CCN(C(=O)N1C[C@@H](C)O[C@@H](C)C1)C3. The van der Waals surface area contributed by atoms with Crippen LogP contribution in [0.25, 0.3) is 21.1 Å². The van der Waals surface area contributed by atoms with E-state index in [0.29, 0.717) is 31.9 Å². The zero-order valence-electron chi connectivity index (χ0n) is 19.9. The van der Waals surface area contributed by atoms with Gasteiger partial charge in [-0.3, -0.25) is 5.10 Å². The van der Waals surface area contributed by atoms with Crippen LogP contribution in [-0.2, 0) is 17.7 Å². The average Bonchev–Trinajstić information content (AvgIpc) is 3.46. The molecule has 2 atom stereocenters.